The summed E-state index contributed by atoms with van der Waals surface area (Å²) in [7, 11) is -0.497. The van der Waals surface area contributed by atoms with E-state index < -0.39 is 14.3 Å². The zero-order chi connectivity index (χ0) is 25.3. The fraction of sp³-hybridized carbons (Fsp3) is 0.464. The van der Waals surface area contributed by atoms with E-state index >= 15 is 0 Å². The lowest BCUT2D eigenvalue weighted by atomic mass is 9.92. The van der Waals surface area contributed by atoms with Crippen LogP contribution in [-0.2, 0) is 14.0 Å². The smallest absolute Gasteiger partial charge is 0.336 e. The summed E-state index contributed by atoms with van der Waals surface area (Å²) < 4.78 is 17.2. The topological polar surface area (TPSA) is 65.0 Å². The largest absolute Gasteiger partial charge is 0.478 e. The van der Waals surface area contributed by atoms with Gasteiger partial charge < -0.3 is 19.0 Å². The molecule has 0 radical (unpaired) electrons. The number of rotatable bonds is 13. The van der Waals surface area contributed by atoms with Crippen molar-refractivity contribution in [1.82, 2.24) is 0 Å². The Labute approximate surface area is 205 Å². The van der Waals surface area contributed by atoms with Gasteiger partial charge in [0.15, 0.2) is 15.1 Å². The van der Waals surface area contributed by atoms with Crippen molar-refractivity contribution in [1.29, 1.82) is 0 Å². The fourth-order valence-corrected chi connectivity index (χ4v) is 10.6. The van der Waals surface area contributed by atoms with E-state index in [4.69, 9.17) is 13.9 Å². The van der Waals surface area contributed by atoms with Crippen LogP contribution >= 0.6 is 0 Å². The summed E-state index contributed by atoms with van der Waals surface area (Å²) in [6.45, 7) is 14.2. The van der Waals surface area contributed by atoms with Gasteiger partial charge in [-0.2, -0.15) is 0 Å². The molecular formula is C28H40O5Si. The van der Waals surface area contributed by atoms with Crippen molar-refractivity contribution in [3.05, 3.63) is 65.7 Å². The van der Waals surface area contributed by atoms with Gasteiger partial charge in [0, 0.05) is 13.7 Å². The highest BCUT2D eigenvalue weighted by atomic mass is 28.4. The zero-order valence-corrected chi connectivity index (χ0v) is 22.6. The first kappa shape index (κ1) is 27.8. The number of carboxylic acids is 1. The SMILES string of the molecule is COCOc1ccc(/C(C(=O)O)=C(/CCO[Si](C(C)C)(C(C)C)C(C)C)c2ccccc2)cc1. The van der Waals surface area contributed by atoms with Crippen molar-refractivity contribution in [2.24, 2.45) is 0 Å². The van der Waals surface area contributed by atoms with Gasteiger partial charge in [-0.1, -0.05) is 84.0 Å². The second-order valence-electron chi connectivity index (χ2n) is 9.52. The standard InChI is InChI=1S/C28H40O5Si/c1-20(2)34(21(3)4,22(5)6)33-18-17-26(23-11-9-8-10-12-23)27(28(29)30)24-13-15-25(16-14-24)32-19-31-7/h8-16,20-22H,17-19H2,1-7H3,(H,29,30)/b27-26+. The van der Waals surface area contributed by atoms with Gasteiger partial charge in [0.25, 0.3) is 0 Å². The van der Waals surface area contributed by atoms with Crippen molar-refractivity contribution in [2.75, 3.05) is 20.5 Å². The fourth-order valence-electron chi connectivity index (χ4n) is 5.15. The molecule has 0 spiro atoms. The molecule has 0 aromatic heterocycles. The third kappa shape index (κ3) is 6.59. The van der Waals surface area contributed by atoms with E-state index in [-0.39, 0.29) is 6.79 Å². The Kier molecular flexibility index (Phi) is 10.5. The predicted molar refractivity (Wildman–Crippen MR) is 141 cm³/mol. The number of methoxy groups -OCH3 is 1. The van der Waals surface area contributed by atoms with Crippen molar-refractivity contribution in [2.45, 2.75) is 64.6 Å². The van der Waals surface area contributed by atoms with Crippen LogP contribution in [0.4, 0.5) is 0 Å². The molecule has 0 aliphatic heterocycles. The lowest BCUT2D eigenvalue weighted by Crippen LogP contribution is -2.48. The number of hydrogen-bond acceptors (Lipinski definition) is 4. The molecule has 0 aliphatic rings. The highest BCUT2D eigenvalue weighted by Gasteiger charge is 2.44. The summed E-state index contributed by atoms with van der Waals surface area (Å²) in [6.07, 6.45) is 0.522. The highest BCUT2D eigenvalue weighted by molar-refractivity contribution is 6.77. The summed E-state index contributed by atoms with van der Waals surface area (Å²) in [4.78, 5) is 12.5. The molecule has 0 fully saturated rings. The molecule has 0 unspecified atom stereocenters. The second kappa shape index (κ2) is 12.9. The van der Waals surface area contributed by atoms with Gasteiger partial charge in [-0.3, -0.25) is 0 Å². The summed E-state index contributed by atoms with van der Waals surface area (Å²) in [6, 6.07) is 16.9. The monoisotopic (exact) mass is 484 g/mol. The first-order valence-electron chi connectivity index (χ1n) is 12.0. The molecule has 34 heavy (non-hydrogen) atoms. The van der Waals surface area contributed by atoms with Crippen LogP contribution in [0.15, 0.2) is 54.6 Å². The summed E-state index contributed by atoms with van der Waals surface area (Å²) in [5.74, 6) is -0.328. The van der Waals surface area contributed by atoms with Gasteiger partial charge in [-0.25, -0.2) is 4.79 Å². The molecule has 0 saturated heterocycles. The normalized spacial score (nSPS) is 12.9. The number of benzene rings is 2. The van der Waals surface area contributed by atoms with Crippen LogP contribution in [0.25, 0.3) is 11.1 Å². The third-order valence-corrected chi connectivity index (χ3v) is 12.7. The second-order valence-corrected chi connectivity index (χ2v) is 15.0. The zero-order valence-electron chi connectivity index (χ0n) is 21.6. The minimum absolute atomic E-state index is 0.140. The Morgan fingerprint density at radius 3 is 1.88 bits per heavy atom. The molecule has 2 aromatic carbocycles. The molecule has 2 aromatic rings. The van der Waals surface area contributed by atoms with E-state index in [1.165, 1.54) is 0 Å². The molecular weight excluding hydrogens is 444 g/mol. The highest BCUT2D eigenvalue weighted by Crippen LogP contribution is 2.43. The molecule has 5 nitrogen and oxygen atoms in total. The van der Waals surface area contributed by atoms with E-state index in [0.717, 1.165) is 11.1 Å². The first-order chi connectivity index (χ1) is 16.1. The van der Waals surface area contributed by atoms with Gasteiger partial charge >= 0.3 is 5.97 Å². The predicted octanol–water partition coefficient (Wildman–Crippen LogP) is 7.25. The maximum atomic E-state index is 12.5. The van der Waals surface area contributed by atoms with Crippen LogP contribution in [0.1, 0.15) is 59.1 Å². The Morgan fingerprint density at radius 2 is 1.41 bits per heavy atom. The average molecular weight is 485 g/mol. The van der Waals surface area contributed by atoms with Crippen LogP contribution in [0.5, 0.6) is 5.75 Å². The molecule has 0 aliphatic carbocycles. The van der Waals surface area contributed by atoms with Crippen LogP contribution in [0.3, 0.4) is 0 Å². The van der Waals surface area contributed by atoms with E-state index in [1.54, 1.807) is 31.4 Å². The van der Waals surface area contributed by atoms with Crippen molar-refractivity contribution in [3.63, 3.8) is 0 Å². The van der Waals surface area contributed by atoms with Gasteiger partial charge in [-0.05, 0) is 51.9 Å². The minimum atomic E-state index is -2.06. The van der Waals surface area contributed by atoms with E-state index in [1.807, 2.05) is 30.3 Å². The average Bonchev–Trinajstić information content (AvgIpc) is 2.80. The molecule has 1 N–H and O–H groups in total. The maximum absolute atomic E-state index is 12.5. The summed E-state index contributed by atoms with van der Waals surface area (Å²) >= 11 is 0. The van der Waals surface area contributed by atoms with E-state index in [2.05, 4.69) is 41.5 Å². The molecule has 2 rings (SSSR count). The van der Waals surface area contributed by atoms with Crippen LogP contribution < -0.4 is 4.74 Å². The third-order valence-electron chi connectivity index (χ3n) is 6.54. The van der Waals surface area contributed by atoms with Crippen LogP contribution in [0, 0.1) is 0 Å². The quantitative estimate of drug-likeness (QED) is 0.140. The molecule has 0 bridgehead atoms. The van der Waals surface area contributed by atoms with Crippen molar-refractivity contribution in [3.8, 4) is 5.75 Å². The molecule has 0 amide bonds. The van der Waals surface area contributed by atoms with Gasteiger partial charge in [0.1, 0.15) is 5.75 Å². The van der Waals surface area contributed by atoms with Crippen LogP contribution in [-0.4, -0.2) is 39.9 Å². The number of carbonyl (C=O) groups is 1. The summed E-state index contributed by atoms with van der Waals surface area (Å²) in [5, 5.41) is 10.3. The van der Waals surface area contributed by atoms with Gasteiger partial charge in [0.05, 0.1) is 5.57 Å². The minimum Gasteiger partial charge on any atom is -0.478 e. The van der Waals surface area contributed by atoms with Crippen LogP contribution in [0.2, 0.25) is 16.6 Å². The Hall–Kier alpha value is -2.41. The molecule has 0 saturated carbocycles. The Bertz CT molecular complexity index is 911. The molecule has 186 valence electrons. The van der Waals surface area contributed by atoms with E-state index in [9.17, 15) is 9.90 Å². The number of aliphatic carboxylic acids is 1. The lowest BCUT2D eigenvalue weighted by molar-refractivity contribution is -0.130. The van der Waals surface area contributed by atoms with Gasteiger partial charge in [0.2, 0.25) is 0 Å². The van der Waals surface area contributed by atoms with Crippen molar-refractivity contribution >= 4 is 25.4 Å². The van der Waals surface area contributed by atoms with Crippen molar-refractivity contribution < 1.29 is 23.8 Å². The number of ether oxygens (including phenoxy) is 2. The van der Waals surface area contributed by atoms with Gasteiger partial charge in [-0.15, -0.1) is 0 Å². The number of carboxylic acid groups (broad SMARTS) is 1. The maximum Gasteiger partial charge on any atom is 0.336 e. The Balaban J connectivity index is 2.47. The van der Waals surface area contributed by atoms with E-state index in [0.29, 0.717) is 46.5 Å². The first-order valence-corrected chi connectivity index (χ1v) is 14.2. The number of hydrogen-bond donors (Lipinski definition) is 1. The summed E-state index contributed by atoms with van der Waals surface area (Å²) in [5.41, 5.74) is 4.00. The molecule has 0 atom stereocenters. The molecule has 0 heterocycles. The Morgan fingerprint density at radius 1 is 0.853 bits per heavy atom. The molecule has 6 heteroatoms. The lowest BCUT2D eigenvalue weighted by Gasteiger charge is -2.42.